The van der Waals surface area contributed by atoms with Gasteiger partial charge in [-0.05, 0) is 30.3 Å². The first-order valence-electron chi connectivity index (χ1n) is 5.96. The molecule has 0 aliphatic heterocycles. The third-order valence-electron chi connectivity index (χ3n) is 2.75. The molecule has 4 nitrogen and oxygen atoms in total. The minimum atomic E-state index is -0.648. The average Bonchev–Trinajstić information content (AvgIpc) is 2.49. The summed E-state index contributed by atoms with van der Waals surface area (Å²) in [5.41, 5.74) is 0.335. The first-order chi connectivity index (χ1) is 10.0. The summed E-state index contributed by atoms with van der Waals surface area (Å²) in [6.45, 7) is 0. The molecule has 2 aromatic rings. The number of ether oxygens (including phenoxy) is 1. The van der Waals surface area contributed by atoms with Gasteiger partial charge in [0.05, 0.1) is 23.9 Å². The Hall–Kier alpha value is -2.21. The number of para-hydroxylation sites is 1. The van der Waals surface area contributed by atoms with Crippen LogP contribution in [0.2, 0.25) is 0 Å². The molecular weight excluding hydrogens is 341 g/mol. The van der Waals surface area contributed by atoms with Crippen molar-refractivity contribution in [3.05, 3.63) is 63.9 Å². The monoisotopic (exact) mass is 351 g/mol. The normalized spacial score (nSPS) is 10.0. The lowest BCUT2D eigenvalue weighted by molar-refractivity contribution is 0.0602. The van der Waals surface area contributed by atoms with Gasteiger partial charge in [0.2, 0.25) is 0 Å². The smallest absolute Gasteiger partial charge is 0.339 e. The highest BCUT2D eigenvalue weighted by Gasteiger charge is 2.16. The molecule has 0 spiro atoms. The molecule has 1 amide bonds. The molecule has 0 aromatic heterocycles. The second-order valence-corrected chi connectivity index (χ2v) is 5.03. The zero-order chi connectivity index (χ0) is 15.4. The Morgan fingerprint density at radius 2 is 1.86 bits per heavy atom. The molecule has 0 radical (unpaired) electrons. The van der Waals surface area contributed by atoms with Crippen molar-refractivity contribution < 1.29 is 18.7 Å². The Kier molecular flexibility index (Phi) is 4.70. The van der Waals surface area contributed by atoms with Crippen LogP contribution in [0.25, 0.3) is 0 Å². The molecule has 0 aliphatic carbocycles. The number of hydrogen-bond acceptors (Lipinski definition) is 3. The fourth-order valence-corrected chi connectivity index (χ4v) is 2.10. The van der Waals surface area contributed by atoms with Crippen LogP contribution in [-0.4, -0.2) is 19.0 Å². The van der Waals surface area contributed by atoms with Crippen LogP contribution in [0.3, 0.4) is 0 Å². The lowest BCUT2D eigenvalue weighted by Crippen LogP contribution is -2.16. The molecule has 0 atom stereocenters. The van der Waals surface area contributed by atoms with Gasteiger partial charge in [-0.1, -0.05) is 28.1 Å². The van der Waals surface area contributed by atoms with Gasteiger partial charge >= 0.3 is 5.97 Å². The molecule has 0 saturated carbocycles. The molecule has 108 valence electrons. The number of nitrogens with one attached hydrogen (secondary N) is 1. The number of anilines is 1. The fraction of sp³-hybridized carbons (Fsp3) is 0.0667. The first-order valence-corrected chi connectivity index (χ1v) is 6.76. The second kappa shape index (κ2) is 6.49. The summed E-state index contributed by atoms with van der Waals surface area (Å²) in [4.78, 5) is 23.7. The van der Waals surface area contributed by atoms with Gasteiger partial charge < -0.3 is 10.1 Å². The zero-order valence-electron chi connectivity index (χ0n) is 11.0. The SMILES string of the molecule is COC(=O)c1ccccc1NC(=O)c1cc(Br)ccc1F. The molecule has 2 aromatic carbocycles. The van der Waals surface area contributed by atoms with E-state index in [2.05, 4.69) is 26.0 Å². The van der Waals surface area contributed by atoms with Crippen LogP contribution in [0.1, 0.15) is 20.7 Å². The van der Waals surface area contributed by atoms with E-state index in [9.17, 15) is 14.0 Å². The van der Waals surface area contributed by atoms with Crippen LogP contribution in [0, 0.1) is 5.82 Å². The Morgan fingerprint density at radius 1 is 1.14 bits per heavy atom. The average molecular weight is 352 g/mol. The topological polar surface area (TPSA) is 55.4 Å². The van der Waals surface area contributed by atoms with Crippen molar-refractivity contribution in [1.82, 2.24) is 0 Å². The lowest BCUT2D eigenvalue weighted by atomic mass is 10.1. The number of carbonyl (C=O) groups is 2. The van der Waals surface area contributed by atoms with Crippen molar-refractivity contribution >= 4 is 33.5 Å². The van der Waals surface area contributed by atoms with Crippen molar-refractivity contribution in [1.29, 1.82) is 0 Å². The number of methoxy groups -OCH3 is 1. The van der Waals surface area contributed by atoms with E-state index >= 15 is 0 Å². The summed E-state index contributed by atoms with van der Waals surface area (Å²) in [5, 5.41) is 2.51. The number of hydrogen-bond donors (Lipinski definition) is 1. The Bertz CT molecular complexity index is 703. The summed E-state index contributed by atoms with van der Waals surface area (Å²) in [7, 11) is 1.24. The van der Waals surface area contributed by atoms with Gasteiger partial charge in [-0.3, -0.25) is 4.79 Å². The van der Waals surface area contributed by atoms with Crippen LogP contribution < -0.4 is 5.32 Å². The van der Waals surface area contributed by atoms with Crippen molar-refractivity contribution in [3.63, 3.8) is 0 Å². The maximum atomic E-state index is 13.7. The van der Waals surface area contributed by atoms with E-state index in [4.69, 9.17) is 0 Å². The quantitative estimate of drug-likeness (QED) is 0.859. The molecule has 1 N–H and O–H groups in total. The summed E-state index contributed by atoms with van der Waals surface area (Å²) in [6.07, 6.45) is 0. The van der Waals surface area contributed by atoms with Gasteiger partial charge in [0.1, 0.15) is 5.82 Å². The predicted molar refractivity (Wildman–Crippen MR) is 79.8 cm³/mol. The van der Waals surface area contributed by atoms with Crippen molar-refractivity contribution in [2.24, 2.45) is 0 Å². The van der Waals surface area contributed by atoms with Gasteiger partial charge in [-0.25, -0.2) is 9.18 Å². The van der Waals surface area contributed by atoms with Gasteiger partial charge in [0.25, 0.3) is 5.91 Å². The highest BCUT2D eigenvalue weighted by Crippen LogP contribution is 2.20. The summed E-state index contributed by atoms with van der Waals surface area (Å²) in [6, 6.07) is 10.4. The number of halogens is 2. The first kappa shape index (κ1) is 15.2. The molecule has 0 heterocycles. The van der Waals surface area contributed by atoms with Crippen molar-refractivity contribution in [3.8, 4) is 0 Å². The molecule has 2 rings (SSSR count). The summed E-state index contributed by atoms with van der Waals surface area (Å²) >= 11 is 3.18. The zero-order valence-corrected chi connectivity index (χ0v) is 12.6. The highest BCUT2D eigenvalue weighted by molar-refractivity contribution is 9.10. The van der Waals surface area contributed by atoms with Gasteiger partial charge in [0, 0.05) is 4.47 Å². The van der Waals surface area contributed by atoms with Crippen LogP contribution >= 0.6 is 15.9 Å². The van der Waals surface area contributed by atoms with E-state index in [-0.39, 0.29) is 16.8 Å². The fourth-order valence-electron chi connectivity index (χ4n) is 1.74. The van der Waals surface area contributed by atoms with Gasteiger partial charge in [0.15, 0.2) is 0 Å². The van der Waals surface area contributed by atoms with Gasteiger partial charge in [-0.2, -0.15) is 0 Å². The van der Waals surface area contributed by atoms with E-state index < -0.39 is 17.7 Å². The Labute approximate surface area is 129 Å². The second-order valence-electron chi connectivity index (χ2n) is 4.12. The number of amides is 1. The van der Waals surface area contributed by atoms with Crippen LogP contribution in [-0.2, 0) is 4.74 Å². The minimum absolute atomic E-state index is 0.121. The number of rotatable bonds is 3. The Morgan fingerprint density at radius 3 is 2.57 bits per heavy atom. The van der Waals surface area contributed by atoms with Gasteiger partial charge in [-0.15, -0.1) is 0 Å². The van der Waals surface area contributed by atoms with Crippen LogP contribution in [0.4, 0.5) is 10.1 Å². The molecule has 0 bridgehead atoms. The third kappa shape index (κ3) is 3.46. The third-order valence-corrected chi connectivity index (χ3v) is 3.25. The van der Waals surface area contributed by atoms with Crippen LogP contribution in [0.15, 0.2) is 46.9 Å². The molecule has 0 saturated heterocycles. The van der Waals surface area contributed by atoms with E-state index in [1.165, 1.54) is 31.4 Å². The molecule has 6 heteroatoms. The number of carbonyl (C=O) groups excluding carboxylic acids is 2. The summed E-state index contributed by atoms with van der Waals surface area (Å²) < 4.78 is 18.9. The molecule has 21 heavy (non-hydrogen) atoms. The molecular formula is C15H11BrFNO3. The maximum absolute atomic E-state index is 13.7. The van der Waals surface area contributed by atoms with E-state index in [1.54, 1.807) is 18.2 Å². The number of benzene rings is 2. The van der Waals surface area contributed by atoms with E-state index in [0.717, 1.165) is 0 Å². The number of esters is 1. The molecule has 0 unspecified atom stereocenters. The lowest BCUT2D eigenvalue weighted by Gasteiger charge is -2.10. The van der Waals surface area contributed by atoms with E-state index in [1.807, 2.05) is 0 Å². The highest BCUT2D eigenvalue weighted by atomic mass is 79.9. The van der Waals surface area contributed by atoms with Crippen molar-refractivity contribution in [2.75, 3.05) is 12.4 Å². The predicted octanol–water partition coefficient (Wildman–Crippen LogP) is 3.63. The molecule has 0 fully saturated rings. The van der Waals surface area contributed by atoms with E-state index in [0.29, 0.717) is 4.47 Å². The minimum Gasteiger partial charge on any atom is -0.465 e. The Balaban J connectivity index is 2.32. The standard InChI is InChI=1S/C15H11BrFNO3/c1-21-15(20)10-4-2-3-5-13(10)18-14(19)11-8-9(16)6-7-12(11)17/h2-8H,1H3,(H,18,19). The van der Waals surface area contributed by atoms with Crippen LogP contribution in [0.5, 0.6) is 0 Å². The molecule has 0 aliphatic rings. The van der Waals surface area contributed by atoms with Crippen molar-refractivity contribution in [2.45, 2.75) is 0 Å². The summed E-state index contributed by atoms with van der Waals surface area (Å²) in [5.74, 6) is -1.88. The largest absolute Gasteiger partial charge is 0.465 e. The maximum Gasteiger partial charge on any atom is 0.339 e.